The van der Waals surface area contributed by atoms with Gasteiger partial charge in [0.2, 0.25) is 0 Å². The van der Waals surface area contributed by atoms with Crippen molar-refractivity contribution in [2.45, 2.75) is 25.3 Å². The summed E-state index contributed by atoms with van der Waals surface area (Å²) in [5.41, 5.74) is 1.89. The summed E-state index contributed by atoms with van der Waals surface area (Å²) in [6.07, 6.45) is 2.27. The van der Waals surface area contributed by atoms with Crippen LogP contribution in [0.2, 0.25) is 0 Å². The molecule has 0 aliphatic carbocycles. The number of nitrogens with zero attached hydrogens (tertiary/aromatic N) is 3. The third-order valence-corrected chi connectivity index (χ3v) is 6.11. The van der Waals surface area contributed by atoms with E-state index in [1.165, 1.54) is 0 Å². The molecule has 2 fully saturated rings. The lowest BCUT2D eigenvalue weighted by Crippen LogP contribution is -2.44. The molecule has 1 atom stereocenters. The Morgan fingerprint density at radius 1 is 1.21 bits per heavy atom. The van der Waals surface area contributed by atoms with Crippen LogP contribution in [0.4, 0.5) is 0 Å². The van der Waals surface area contributed by atoms with Crippen LogP contribution < -0.4 is 0 Å². The molecule has 2 aliphatic heterocycles. The van der Waals surface area contributed by atoms with Crippen LogP contribution in [0.5, 0.6) is 5.75 Å². The lowest BCUT2D eigenvalue weighted by atomic mass is 9.76. The lowest BCUT2D eigenvalue weighted by Gasteiger charge is -2.39. The number of aromatic amines is 1. The first-order valence-corrected chi connectivity index (χ1v) is 9.44. The fourth-order valence-electron chi connectivity index (χ4n) is 4.47. The van der Waals surface area contributed by atoms with E-state index in [4.69, 9.17) is 0 Å². The molecule has 3 N–H and O–H groups in total. The Hall–Kier alpha value is -2.87. The molecular formula is C20H24N4O4. The molecule has 3 heterocycles. The maximum atomic E-state index is 12.8. The Morgan fingerprint density at radius 2 is 1.89 bits per heavy atom. The third kappa shape index (κ3) is 3.35. The lowest BCUT2D eigenvalue weighted by molar-refractivity contribution is -0.141. The van der Waals surface area contributed by atoms with Crippen LogP contribution in [0.15, 0.2) is 30.3 Å². The molecule has 2 saturated heterocycles. The summed E-state index contributed by atoms with van der Waals surface area (Å²) >= 11 is 0. The first-order chi connectivity index (χ1) is 13.4. The Bertz CT molecular complexity index is 884. The van der Waals surface area contributed by atoms with Gasteiger partial charge in [0.25, 0.3) is 5.91 Å². The molecule has 2 aliphatic rings. The Kier molecular flexibility index (Phi) is 4.58. The minimum Gasteiger partial charge on any atom is -0.508 e. The van der Waals surface area contributed by atoms with Crippen molar-refractivity contribution in [3.8, 4) is 17.0 Å². The van der Waals surface area contributed by atoms with E-state index in [1.54, 1.807) is 30.3 Å². The first-order valence-electron chi connectivity index (χ1n) is 9.44. The van der Waals surface area contributed by atoms with Gasteiger partial charge in [-0.3, -0.25) is 19.6 Å². The maximum Gasteiger partial charge on any atom is 0.320 e. The van der Waals surface area contributed by atoms with Gasteiger partial charge in [-0.15, -0.1) is 0 Å². The fourth-order valence-corrected chi connectivity index (χ4v) is 4.47. The average Bonchev–Trinajstić information content (AvgIpc) is 3.28. The number of aromatic hydroxyl groups is 1. The number of carbonyl (C=O) groups is 2. The molecule has 4 rings (SSSR count). The number of carbonyl (C=O) groups excluding carboxylic acids is 1. The van der Waals surface area contributed by atoms with Crippen LogP contribution in [0, 0.1) is 5.41 Å². The second-order valence-electron chi connectivity index (χ2n) is 7.98. The minimum absolute atomic E-state index is 0.0141. The van der Waals surface area contributed by atoms with Gasteiger partial charge in [-0.25, -0.2) is 0 Å². The van der Waals surface area contributed by atoms with Crippen molar-refractivity contribution in [2.75, 3.05) is 26.7 Å². The Labute approximate surface area is 162 Å². The van der Waals surface area contributed by atoms with Crippen molar-refractivity contribution in [2.24, 2.45) is 5.41 Å². The number of likely N-dealkylation sites (tertiary alicyclic amines) is 2. The molecule has 2 aromatic rings. The van der Waals surface area contributed by atoms with E-state index in [0.29, 0.717) is 30.9 Å². The predicted octanol–water partition coefficient (Wildman–Crippen LogP) is 1.79. The average molecular weight is 384 g/mol. The van der Waals surface area contributed by atoms with Gasteiger partial charge in [-0.2, -0.15) is 5.10 Å². The largest absolute Gasteiger partial charge is 0.508 e. The van der Waals surface area contributed by atoms with Gasteiger partial charge >= 0.3 is 5.97 Å². The first kappa shape index (κ1) is 18.5. The number of nitrogens with one attached hydrogen (secondary N) is 1. The van der Waals surface area contributed by atoms with Crippen LogP contribution in [0.1, 0.15) is 29.8 Å². The van der Waals surface area contributed by atoms with Crippen molar-refractivity contribution in [1.82, 2.24) is 20.0 Å². The van der Waals surface area contributed by atoms with Crippen molar-refractivity contribution in [1.29, 1.82) is 0 Å². The number of carboxylic acids is 1. The fraction of sp³-hybridized carbons (Fsp3) is 0.450. The number of piperidine rings is 1. The smallest absolute Gasteiger partial charge is 0.320 e. The quantitative estimate of drug-likeness (QED) is 0.744. The summed E-state index contributed by atoms with van der Waals surface area (Å²) in [5.74, 6) is -0.675. The number of amides is 1. The molecule has 1 spiro atoms. The predicted molar refractivity (Wildman–Crippen MR) is 102 cm³/mol. The van der Waals surface area contributed by atoms with Crippen molar-refractivity contribution in [3.05, 3.63) is 36.0 Å². The highest BCUT2D eigenvalue weighted by atomic mass is 16.4. The molecule has 1 unspecified atom stereocenters. The molecule has 0 saturated carbocycles. The van der Waals surface area contributed by atoms with Crippen LogP contribution in [-0.4, -0.2) is 74.8 Å². The highest BCUT2D eigenvalue weighted by Crippen LogP contribution is 2.43. The van der Waals surface area contributed by atoms with Gasteiger partial charge in [0, 0.05) is 25.2 Å². The summed E-state index contributed by atoms with van der Waals surface area (Å²) in [6.45, 7) is 2.00. The van der Waals surface area contributed by atoms with Crippen molar-refractivity contribution >= 4 is 11.9 Å². The topological polar surface area (TPSA) is 110 Å². The number of hydrogen-bond donors (Lipinski definition) is 3. The monoisotopic (exact) mass is 384 g/mol. The molecule has 1 aromatic carbocycles. The number of rotatable bonds is 3. The van der Waals surface area contributed by atoms with Crippen molar-refractivity contribution in [3.63, 3.8) is 0 Å². The van der Waals surface area contributed by atoms with Gasteiger partial charge in [0.05, 0.1) is 5.69 Å². The zero-order valence-electron chi connectivity index (χ0n) is 15.8. The van der Waals surface area contributed by atoms with Gasteiger partial charge in [0.15, 0.2) is 0 Å². The van der Waals surface area contributed by atoms with Crippen molar-refractivity contribution < 1.29 is 19.8 Å². The molecule has 8 heteroatoms. The second-order valence-corrected chi connectivity index (χ2v) is 7.98. The van der Waals surface area contributed by atoms with E-state index in [2.05, 4.69) is 10.2 Å². The maximum absolute atomic E-state index is 12.8. The Balaban J connectivity index is 1.41. The molecule has 28 heavy (non-hydrogen) atoms. The summed E-state index contributed by atoms with van der Waals surface area (Å²) in [4.78, 5) is 28.0. The van der Waals surface area contributed by atoms with E-state index < -0.39 is 12.0 Å². The molecule has 0 bridgehead atoms. The molecular weight excluding hydrogens is 360 g/mol. The van der Waals surface area contributed by atoms with E-state index in [1.807, 2.05) is 16.8 Å². The number of likely N-dealkylation sites (N-methyl/N-ethyl adjacent to an activating group) is 1. The number of aliphatic carboxylic acids is 1. The van der Waals surface area contributed by atoms with Gasteiger partial charge < -0.3 is 15.1 Å². The zero-order valence-corrected chi connectivity index (χ0v) is 15.8. The summed E-state index contributed by atoms with van der Waals surface area (Å²) in [5, 5.41) is 25.8. The SMILES string of the molecule is CN1CC2(CCN(C(=O)c3cc(-c4ccc(O)cc4)n[nH]3)CC2)CC1C(=O)O. The number of carboxylic acid groups (broad SMARTS) is 1. The number of aromatic nitrogens is 2. The molecule has 1 aromatic heterocycles. The molecule has 148 valence electrons. The molecule has 8 nitrogen and oxygen atoms in total. The second kappa shape index (κ2) is 6.94. The van der Waals surface area contributed by atoms with E-state index >= 15 is 0 Å². The van der Waals surface area contributed by atoms with Gasteiger partial charge in [-0.05, 0) is 62.1 Å². The number of phenols is 1. The van der Waals surface area contributed by atoms with E-state index in [9.17, 15) is 19.8 Å². The number of phenolic OH excluding ortho intramolecular Hbond substituents is 1. The highest BCUT2D eigenvalue weighted by molar-refractivity contribution is 5.93. The minimum atomic E-state index is -0.767. The standard InChI is InChI=1S/C20H24N4O4/c1-23-12-20(11-17(23)19(27)28)6-8-24(9-7-20)18(26)16-10-15(21-22-16)13-2-4-14(25)5-3-13/h2-5,10,17,25H,6-9,11-12H2,1H3,(H,21,22)(H,27,28). The third-order valence-electron chi connectivity index (χ3n) is 6.11. The van der Waals surface area contributed by atoms with Crippen LogP contribution in [0.25, 0.3) is 11.3 Å². The number of hydrogen-bond acceptors (Lipinski definition) is 5. The Morgan fingerprint density at radius 3 is 2.50 bits per heavy atom. The van der Waals surface area contributed by atoms with Crippen LogP contribution in [0.3, 0.4) is 0 Å². The van der Waals surface area contributed by atoms with Crippen LogP contribution in [-0.2, 0) is 4.79 Å². The number of H-pyrrole nitrogens is 1. The van der Waals surface area contributed by atoms with Crippen LogP contribution >= 0.6 is 0 Å². The van der Waals surface area contributed by atoms with E-state index in [0.717, 1.165) is 24.9 Å². The van der Waals surface area contributed by atoms with Gasteiger partial charge in [0.1, 0.15) is 17.5 Å². The highest BCUT2D eigenvalue weighted by Gasteiger charge is 2.47. The van der Waals surface area contributed by atoms with E-state index in [-0.39, 0.29) is 17.1 Å². The summed E-state index contributed by atoms with van der Waals surface area (Å²) in [7, 11) is 1.86. The number of benzene rings is 1. The van der Waals surface area contributed by atoms with Gasteiger partial charge in [-0.1, -0.05) is 0 Å². The molecule has 1 amide bonds. The normalized spacial score (nSPS) is 21.9. The zero-order chi connectivity index (χ0) is 19.9. The molecule has 0 radical (unpaired) electrons. The summed E-state index contributed by atoms with van der Waals surface area (Å²) < 4.78 is 0. The summed E-state index contributed by atoms with van der Waals surface area (Å²) in [6, 6.07) is 7.96.